The molecule has 4 nitrogen and oxygen atoms in total. The molecule has 106 valence electrons. The lowest BCUT2D eigenvalue weighted by molar-refractivity contribution is 0.0403. The van der Waals surface area contributed by atoms with E-state index in [1.54, 1.807) is 43.5 Å². The minimum atomic E-state index is -0.942. The van der Waals surface area contributed by atoms with Crippen molar-refractivity contribution >= 4 is 5.97 Å². The van der Waals surface area contributed by atoms with Crippen molar-refractivity contribution in [3.63, 3.8) is 0 Å². The first-order valence-corrected chi connectivity index (χ1v) is 6.46. The van der Waals surface area contributed by atoms with Gasteiger partial charge in [0.1, 0.15) is 11.8 Å². The van der Waals surface area contributed by atoms with E-state index in [9.17, 15) is 10.1 Å². The summed E-state index contributed by atoms with van der Waals surface area (Å²) in [5, 5.41) is 9.21. The maximum atomic E-state index is 12.1. The van der Waals surface area contributed by atoms with E-state index >= 15 is 0 Å². The number of ether oxygens (including phenoxy) is 2. The molecular formula is C17H15NO3. The first-order valence-electron chi connectivity index (χ1n) is 6.46. The molecule has 0 bridgehead atoms. The molecule has 2 rings (SSSR count). The molecule has 2 aromatic rings. The van der Waals surface area contributed by atoms with Gasteiger partial charge in [0.25, 0.3) is 0 Å². The van der Waals surface area contributed by atoms with Crippen LogP contribution in [0.2, 0.25) is 0 Å². The molecule has 1 unspecified atom stereocenters. The van der Waals surface area contributed by atoms with Gasteiger partial charge in [-0.2, -0.15) is 5.26 Å². The van der Waals surface area contributed by atoms with Gasteiger partial charge in [-0.15, -0.1) is 0 Å². The molecule has 0 saturated heterocycles. The maximum absolute atomic E-state index is 12.1. The fourth-order valence-corrected chi connectivity index (χ4v) is 1.92. The van der Waals surface area contributed by atoms with Crippen molar-refractivity contribution in [1.82, 2.24) is 0 Å². The number of rotatable bonds is 4. The Hall–Kier alpha value is -2.80. The second kappa shape index (κ2) is 6.58. The molecule has 0 amide bonds. The topological polar surface area (TPSA) is 59.3 Å². The summed E-state index contributed by atoms with van der Waals surface area (Å²) in [5.74, 6) is 0.177. The molecule has 0 aliphatic rings. The highest BCUT2D eigenvalue weighted by atomic mass is 16.5. The number of nitrogens with zero attached hydrogens (tertiary/aromatic N) is 1. The lowest BCUT2D eigenvalue weighted by Gasteiger charge is -2.12. The maximum Gasteiger partial charge on any atom is 0.340 e. The van der Waals surface area contributed by atoms with E-state index in [-0.39, 0.29) is 0 Å². The molecule has 4 heteroatoms. The predicted octanol–water partition coefficient (Wildman–Crippen LogP) is 3.43. The molecule has 21 heavy (non-hydrogen) atoms. The van der Waals surface area contributed by atoms with Gasteiger partial charge >= 0.3 is 5.97 Å². The first kappa shape index (κ1) is 14.6. The van der Waals surface area contributed by atoms with Gasteiger partial charge in [0.15, 0.2) is 0 Å². The normalized spacial score (nSPS) is 11.3. The summed E-state index contributed by atoms with van der Waals surface area (Å²) >= 11 is 0. The Morgan fingerprint density at radius 3 is 2.38 bits per heavy atom. The number of carbonyl (C=O) groups excluding carboxylic acids is 1. The van der Waals surface area contributed by atoms with Crippen LogP contribution in [0.25, 0.3) is 0 Å². The van der Waals surface area contributed by atoms with Gasteiger partial charge in [-0.05, 0) is 30.7 Å². The van der Waals surface area contributed by atoms with Crippen molar-refractivity contribution in [1.29, 1.82) is 5.26 Å². The van der Waals surface area contributed by atoms with Crippen LogP contribution in [0.4, 0.5) is 0 Å². The van der Waals surface area contributed by atoms with E-state index in [1.807, 2.05) is 25.1 Å². The third kappa shape index (κ3) is 3.40. The van der Waals surface area contributed by atoms with Crippen molar-refractivity contribution in [3.8, 4) is 11.8 Å². The number of aryl methyl sites for hydroxylation is 1. The number of benzene rings is 2. The van der Waals surface area contributed by atoms with Crippen LogP contribution in [0.3, 0.4) is 0 Å². The summed E-state index contributed by atoms with van der Waals surface area (Å²) < 4.78 is 10.3. The molecular weight excluding hydrogens is 266 g/mol. The quantitative estimate of drug-likeness (QED) is 0.806. The second-order valence-corrected chi connectivity index (χ2v) is 4.50. The molecule has 0 aromatic heterocycles. The summed E-state index contributed by atoms with van der Waals surface area (Å²) in [6.45, 7) is 1.82. The highest BCUT2D eigenvalue weighted by Crippen LogP contribution is 2.22. The highest BCUT2D eigenvalue weighted by Gasteiger charge is 2.18. The van der Waals surface area contributed by atoms with Gasteiger partial charge in [-0.1, -0.05) is 30.3 Å². The minimum absolute atomic E-state index is 0.464. The summed E-state index contributed by atoms with van der Waals surface area (Å²) in [6.07, 6.45) is -0.942. The van der Waals surface area contributed by atoms with E-state index in [0.29, 0.717) is 16.9 Å². The molecule has 0 fully saturated rings. The number of nitriles is 1. The average Bonchev–Trinajstić information content (AvgIpc) is 2.53. The van der Waals surface area contributed by atoms with Gasteiger partial charge in [-0.25, -0.2) is 4.79 Å². The van der Waals surface area contributed by atoms with Gasteiger partial charge < -0.3 is 9.47 Å². The molecule has 0 spiro atoms. The van der Waals surface area contributed by atoms with Gasteiger partial charge in [0, 0.05) is 5.56 Å². The van der Waals surface area contributed by atoms with Crippen LogP contribution in [0.15, 0.2) is 48.5 Å². The number of esters is 1. The molecule has 2 aromatic carbocycles. The largest absolute Gasteiger partial charge is 0.497 e. The van der Waals surface area contributed by atoms with Crippen molar-refractivity contribution in [3.05, 3.63) is 65.2 Å². The van der Waals surface area contributed by atoms with E-state index in [1.165, 1.54) is 0 Å². The van der Waals surface area contributed by atoms with Crippen LogP contribution in [0.1, 0.15) is 27.6 Å². The van der Waals surface area contributed by atoms with Crippen LogP contribution in [-0.2, 0) is 4.74 Å². The SMILES string of the molecule is COc1ccc(C(C#N)OC(=O)c2ccccc2C)cc1. The lowest BCUT2D eigenvalue weighted by Crippen LogP contribution is -2.11. The molecule has 0 radical (unpaired) electrons. The second-order valence-electron chi connectivity index (χ2n) is 4.50. The van der Waals surface area contributed by atoms with E-state index in [0.717, 1.165) is 5.56 Å². The zero-order valence-electron chi connectivity index (χ0n) is 11.9. The van der Waals surface area contributed by atoms with Gasteiger partial charge in [0.05, 0.1) is 12.7 Å². The number of methoxy groups -OCH3 is 1. The summed E-state index contributed by atoms with van der Waals surface area (Å²) in [7, 11) is 1.56. The molecule has 0 heterocycles. The van der Waals surface area contributed by atoms with Crippen LogP contribution >= 0.6 is 0 Å². The zero-order valence-corrected chi connectivity index (χ0v) is 11.9. The zero-order chi connectivity index (χ0) is 15.2. The molecule has 1 atom stereocenters. The fraction of sp³-hybridized carbons (Fsp3) is 0.176. The third-order valence-electron chi connectivity index (χ3n) is 3.13. The monoisotopic (exact) mass is 281 g/mol. The molecule has 0 aliphatic heterocycles. The van der Waals surface area contributed by atoms with Crippen molar-refractivity contribution in [2.45, 2.75) is 13.0 Å². The van der Waals surface area contributed by atoms with Crippen LogP contribution in [0.5, 0.6) is 5.75 Å². The van der Waals surface area contributed by atoms with Crippen LogP contribution in [0, 0.1) is 18.3 Å². The first-order chi connectivity index (χ1) is 10.2. The molecule has 0 N–H and O–H groups in total. The standard InChI is InChI=1S/C17H15NO3/c1-12-5-3-4-6-15(12)17(19)21-16(11-18)13-7-9-14(20-2)10-8-13/h3-10,16H,1-2H3. The van der Waals surface area contributed by atoms with E-state index in [2.05, 4.69) is 0 Å². The van der Waals surface area contributed by atoms with Gasteiger partial charge in [0.2, 0.25) is 6.10 Å². The van der Waals surface area contributed by atoms with Crippen molar-refractivity contribution in [2.75, 3.05) is 7.11 Å². The van der Waals surface area contributed by atoms with Crippen LogP contribution in [-0.4, -0.2) is 13.1 Å². The Morgan fingerprint density at radius 2 is 1.81 bits per heavy atom. The predicted molar refractivity (Wildman–Crippen MR) is 77.9 cm³/mol. The Morgan fingerprint density at radius 1 is 1.14 bits per heavy atom. The Labute approximate surface area is 123 Å². The van der Waals surface area contributed by atoms with E-state index in [4.69, 9.17) is 9.47 Å². The summed E-state index contributed by atoms with van der Waals surface area (Å²) in [6, 6.07) is 16.0. The van der Waals surface area contributed by atoms with Gasteiger partial charge in [-0.3, -0.25) is 0 Å². The average molecular weight is 281 g/mol. The minimum Gasteiger partial charge on any atom is -0.497 e. The third-order valence-corrected chi connectivity index (χ3v) is 3.13. The molecule has 0 aliphatic carbocycles. The number of carbonyl (C=O) groups is 1. The van der Waals surface area contributed by atoms with Crippen LogP contribution < -0.4 is 4.74 Å². The summed E-state index contributed by atoms with van der Waals surface area (Å²) in [5.41, 5.74) is 1.89. The summed E-state index contributed by atoms with van der Waals surface area (Å²) in [4.78, 5) is 12.1. The fourth-order valence-electron chi connectivity index (χ4n) is 1.92. The Bertz CT molecular complexity index is 671. The smallest absolute Gasteiger partial charge is 0.340 e. The molecule has 0 saturated carbocycles. The lowest BCUT2D eigenvalue weighted by atomic mass is 10.1. The van der Waals surface area contributed by atoms with Crippen molar-refractivity contribution in [2.24, 2.45) is 0 Å². The van der Waals surface area contributed by atoms with Crippen molar-refractivity contribution < 1.29 is 14.3 Å². The Balaban J connectivity index is 2.17. The Kier molecular flexibility index (Phi) is 4.57. The highest BCUT2D eigenvalue weighted by molar-refractivity contribution is 5.91. The number of hydrogen-bond acceptors (Lipinski definition) is 4. The number of hydrogen-bond donors (Lipinski definition) is 0. The van der Waals surface area contributed by atoms with E-state index < -0.39 is 12.1 Å².